The van der Waals surface area contributed by atoms with Gasteiger partial charge in [-0.05, 0) is 51.8 Å². The Morgan fingerprint density at radius 1 is 1.28 bits per heavy atom. The molecule has 0 bridgehead atoms. The summed E-state index contributed by atoms with van der Waals surface area (Å²) in [4.78, 5) is 36.2. The van der Waals surface area contributed by atoms with Gasteiger partial charge in [0.05, 0.1) is 5.52 Å². The van der Waals surface area contributed by atoms with Crippen LogP contribution in [0, 0.1) is 0 Å². The Morgan fingerprint density at radius 3 is 2.62 bits per heavy atom. The average Bonchev–Trinajstić information content (AvgIpc) is 2.95. The van der Waals surface area contributed by atoms with Gasteiger partial charge in [0.15, 0.2) is 5.78 Å². The molecule has 0 saturated carbocycles. The summed E-state index contributed by atoms with van der Waals surface area (Å²) < 4.78 is 6.77. The third-order valence-corrected chi connectivity index (χ3v) is 3.91. The summed E-state index contributed by atoms with van der Waals surface area (Å²) in [7, 11) is 0. The quantitative estimate of drug-likeness (QED) is 0.305. The number of esters is 1. The smallest absolute Gasteiger partial charge is 0.328 e. The number of benzene rings is 1. The highest BCUT2D eigenvalue weighted by Gasteiger charge is 2.20. The molecule has 2 rings (SSSR count). The van der Waals surface area contributed by atoms with Gasteiger partial charge in [0.25, 0.3) is 0 Å². The number of nitrogens with one attached hydrogen (secondary N) is 2. The molecule has 2 amide bonds. The topological polar surface area (TPSA) is 102 Å². The van der Waals surface area contributed by atoms with E-state index < -0.39 is 11.6 Å². The van der Waals surface area contributed by atoms with E-state index in [0.717, 1.165) is 12.8 Å². The van der Waals surface area contributed by atoms with Gasteiger partial charge in [-0.25, -0.2) is 4.79 Å². The minimum Gasteiger partial charge on any atom is -0.459 e. The van der Waals surface area contributed by atoms with Crippen LogP contribution in [-0.4, -0.2) is 39.7 Å². The van der Waals surface area contributed by atoms with E-state index in [1.54, 1.807) is 45.0 Å². The van der Waals surface area contributed by atoms with Crippen LogP contribution in [0.25, 0.3) is 10.9 Å². The zero-order valence-corrected chi connectivity index (χ0v) is 17.4. The fourth-order valence-corrected chi connectivity index (χ4v) is 2.75. The van der Waals surface area contributed by atoms with Crippen LogP contribution in [-0.2, 0) is 16.1 Å². The van der Waals surface area contributed by atoms with Crippen molar-refractivity contribution in [2.45, 2.75) is 52.7 Å². The normalized spacial score (nSPS) is 11.2. The number of carbonyl (C=O) groups is 3. The van der Waals surface area contributed by atoms with Crippen LogP contribution in [0.2, 0.25) is 0 Å². The Kier molecular flexibility index (Phi) is 7.14. The van der Waals surface area contributed by atoms with Gasteiger partial charge >= 0.3 is 12.0 Å². The van der Waals surface area contributed by atoms with Crippen LogP contribution in [0.4, 0.5) is 10.5 Å². The maximum absolute atomic E-state index is 12.2. The number of allylic oxidation sites excluding steroid dienone is 1. The van der Waals surface area contributed by atoms with E-state index in [4.69, 9.17) is 4.74 Å². The van der Waals surface area contributed by atoms with Gasteiger partial charge in [-0.3, -0.25) is 14.3 Å². The number of nitrogens with zero attached hydrogens (tertiary/aromatic N) is 2. The van der Waals surface area contributed by atoms with Gasteiger partial charge in [0, 0.05) is 24.5 Å². The van der Waals surface area contributed by atoms with Crippen molar-refractivity contribution in [3.8, 4) is 0 Å². The number of hydrogen-bond donors (Lipinski definition) is 2. The molecule has 1 heterocycles. The highest BCUT2D eigenvalue weighted by Crippen LogP contribution is 2.23. The van der Waals surface area contributed by atoms with E-state index in [9.17, 15) is 14.4 Å². The number of urea groups is 1. The first-order valence-electron chi connectivity index (χ1n) is 9.50. The van der Waals surface area contributed by atoms with Gasteiger partial charge in [-0.1, -0.05) is 6.08 Å². The Labute approximate surface area is 170 Å². The van der Waals surface area contributed by atoms with E-state index in [1.807, 2.05) is 0 Å². The average molecular weight is 400 g/mol. The summed E-state index contributed by atoms with van der Waals surface area (Å²) in [5.41, 5.74) is 0.730. The number of ether oxygens (including phenoxy) is 1. The van der Waals surface area contributed by atoms with Gasteiger partial charge in [0.1, 0.15) is 17.8 Å². The van der Waals surface area contributed by atoms with Crippen molar-refractivity contribution in [2.75, 3.05) is 11.9 Å². The first-order valence-corrected chi connectivity index (χ1v) is 9.50. The van der Waals surface area contributed by atoms with Crippen molar-refractivity contribution in [1.29, 1.82) is 0 Å². The SMILES string of the molecule is C=CCCCNC(=O)Nc1ccc2c(C(C)=O)nn(CC(=O)OC(C)(C)C)c2c1. The summed E-state index contributed by atoms with van der Waals surface area (Å²) in [6.45, 7) is 10.8. The maximum atomic E-state index is 12.2. The van der Waals surface area contributed by atoms with Gasteiger partial charge in [-0.2, -0.15) is 5.10 Å². The van der Waals surface area contributed by atoms with Gasteiger partial charge in [-0.15, -0.1) is 6.58 Å². The molecule has 0 atom stereocenters. The zero-order valence-electron chi connectivity index (χ0n) is 17.4. The molecule has 2 N–H and O–H groups in total. The second-order valence-corrected chi connectivity index (χ2v) is 7.69. The number of carbonyl (C=O) groups excluding carboxylic acids is 3. The van der Waals surface area contributed by atoms with E-state index in [-0.39, 0.29) is 24.1 Å². The number of hydrogen-bond acceptors (Lipinski definition) is 5. The molecule has 0 fully saturated rings. The Morgan fingerprint density at radius 2 is 2.00 bits per heavy atom. The standard InChI is InChI=1S/C21H28N4O4/c1-6-7-8-11-22-20(28)23-15-9-10-16-17(12-15)25(24-19(16)14(2)26)13-18(27)29-21(3,4)5/h6,9-10,12H,1,7-8,11,13H2,2-5H3,(H2,22,23,28). The molecule has 0 aliphatic carbocycles. The van der Waals surface area contributed by atoms with Crippen molar-refractivity contribution < 1.29 is 19.1 Å². The first kappa shape index (κ1) is 22.1. The third-order valence-electron chi connectivity index (χ3n) is 3.91. The van der Waals surface area contributed by atoms with Crippen molar-refractivity contribution in [1.82, 2.24) is 15.1 Å². The molecule has 29 heavy (non-hydrogen) atoms. The van der Waals surface area contributed by atoms with E-state index in [0.29, 0.717) is 23.1 Å². The second-order valence-electron chi connectivity index (χ2n) is 7.69. The van der Waals surface area contributed by atoms with Crippen molar-refractivity contribution in [3.63, 3.8) is 0 Å². The lowest BCUT2D eigenvalue weighted by Gasteiger charge is -2.19. The first-order chi connectivity index (χ1) is 13.6. The highest BCUT2D eigenvalue weighted by atomic mass is 16.6. The molecule has 0 aliphatic rings. The lowest BCUT2D eigenvalue weighted by Crippen LogP contribution is -2.29. The minimum atomic E-state index is -0.625. The number of ketones is 1. The predicted octanol–water partition coefficient (Wildman–Crippen LogP) is 3.67. The minimum absolute atomic E-state index is 0.141. The summed E-state index contributed by atoms with van der Waals surface area (Å²) in [6, 6.07) is 4.75. The molecule has 1 aromatic heterocycles. The molecule has 8 heteroatoms. The molecule has 1 aromatic carbocycles. The predicted molar refractivity (Wildman–Crippen MR) is 112 cm³/mol. The summed E-state index contributed by atoms with van der Waals surface area (Å²) in [5, 5.41) is 10.4. The Hall–Kier alpha value is -3.16. The number of anilines is 1. The molecule has 0 radical (unpaired) electrons. The molecular weight excluding hydrogens is 372 g/mol. The Balaban J connectivity index is 2.24. The van der Waals surface area contributed by atoms with Gasteiger partial charge < -0.3 is 15.4 Å². The number of amides is 2. The number of aromatic nitrogens is 2. The Bertz CT molecular complexity index is 925. The van der Waals surface area contributed by atoms with Crippen molar-refractivity contribution in [2.24, 2.45) is 0 Å². The van der Waals surface area contributed by atoms with Crippen LogP contribution in [0.1, 0.15) is 51.0 Å². The molecule has 0 unspecified atom stereocenters. The summed E-state index contributed by atoms with van der Waals surface area (Å²) >= 11 is 0. The number of rotatable bonds is 8. The summed E-state index contributed by atoms with van der Waals surface area (Å²) in [5.74, 6) is -0.672. The third kappa shape index (κ3) is 6.44. The molecule has 0 saturated heterocycles. The van der Waals surface area contributed by atoms with Crippen LogP contribution >= 0.6 is 0 Å². The molecular formula is C21H28N4O4. The lowest BCUT2D eigenvalue weighted by molar-refractivity contribution is -0.155. The van der Waals surface area contributed by atoms with E-state index in [1.165, 1.54) is 11.6 Å². The monoisotopic (exact) mass is 400 g/mol. The fourth-order valence-electron chi connectivity index (χ4n) is 2.75. The van der Waals surface area contributed by atoms with Gasteiger partial charge in [0.2, 0.25) is 0 Å². The second kappa shape index (κ2) is 9.36. The number of Topliss-reactive ketones (excluding diaryl/α,β-unsaturated/α-hetero) is 1. The molecule has 8 nitrogen and oxygen atoms in total. The van der Waals surface area contributed by atoms with Crippen LogP contribution in [0.15, 0.2) is 30.9 Å². The number of unbranched alkanes of at least 4 members (excludes halogenated alkanes) is 1. The lowest BCUT2D eigenvalue weighted by atomic mass is 10.1. The van der Waals surface area contributed by atoms with Crippen molar-refractivity contribution >= 4 is 34.4 Å². The fraction of sp³-hybridized carbons (Fsp3) is 0.429. The van der Waals surface area contributed by atoms with Crippen LogP contribution < -0.4 is 10.6 Å². The molecule has 0 aliphatic heterocycles. The largest absolute Gasteiger partial charge is 0.459 e. The van der Waals surface area contributed by atoms with Crippen LogP contribution in [0.5, 0.6) is 0 Å². The molecule has 2 aromatic rings. The maximum Gasteiger partial charge on any atom is 0.328 e. The highest BCUT2D eigenvalue weighted by molar-refractivity contribution is 6.06. The zero-order chi connectivity index (χ0) is 21.6. The van der Waals surface area contributed by atoms with E-state index in [2.05, 4.69) is 22.3 Å². The van der Waals surface area contributed by atoms with Crippen LogP contribution in [0.3, 0.4) is 0 Å². The summed E-state index contributed by atoms with van der Waals surface area (Å²) in [6.07, 6.45) is 3.43. The van der Waals surface area contributed by atoms with E-state index >= 15 is 0 Å². The van der Waals surface area contributed by atoms with Crippen molar-refractivity contribution in [3.05, 3.63) is 36.5 Å². The number of fused-ring (bicyclic) bond motifs is 1. The molecule has 0 spiro atoms. The molecule has 156 valence electrons.